The van der Waals surface area contributed by atoms with E-state index in [-0.39, 0.29) is 40.9 Å². The number of non-ortho nitro benzene ring substituents is 1. The number of amides is 2. The molecule has 1 N–H and O–H groups in total. The van der Waals surface area contributed by atoms with Gasteiger partial charge in [0.25, 0.3) is 17.5 Å². The van der Waals surface area contributed by atoms with E-state index < -0.39 is 4.92 Å². The minimum Gasteiger partial charge on any atom is -0.349 e. The Kier molecular flexibility index (Phi) is 9.83. The molecule has 2 amide bonds. The molecule has 2 aliphatic heterocycles. The summed E-state index contributed by atoms with van der Waals surface area (Å²) in [6.07, 6.45) is 6.26. The maximum Gasteiger partial charge on any atom is 0.272 e. The summed E-state index contributed by atoms with van der Waals surface area (Å²) in [5.74, 6) is -0.381. The number of nitrogens with one attached hydrogen (secondary N) is 1. The van der Waals surface area contributed by atoms with Crippen LogP contribution >= 0.6 is 11.8 Å². The number of nitro benzene ring substituents is 1. The Balaban J connectivity index is 1.06. The van der Waals surface area contributed by atoms with Gasteiger partial charge in [0.15, 0.2) is 5.78 Å². The second-order valence-electron chi connectivity index (χ2n) is 11.0. The lowest BCUT2D eigenvalue weighted by atomic mass is 9.89. The third kappa shape index (κ3) is 7.66. The molecule has 10 nitrogen and oxygen atoms in total. The highest BCUT2D eigenvalue weighted by molar-refractivity contribution is 7.98. The summed E-state index contributed by atoms with van der Waals surface area (Å²) < 4.78 is 0. The summed E-state index contributed by atoms with van der Waals surface area (Å²) in [7, 11) is 0. The van der Waals surface area contributed by atoms with Crippen LogP contribution in [0.4, 0.5) is 5.69 Å². The average Bonchev–Trinajstić information content (AvgIpc) is 3.05. The predicted octanol–water partition coefficient (Wildman–Crippen LogP) is 4.84. The number of thioether (sulfide) groups is 1. The van der Waals surface area contributed by atoms with Gasteiger partial charge in [0.2, 0.25) is 0 Å². The number of rotatable bonds is 9. The van der Waals surface area contributed by atoms with E-state index in [1.807, 2.05) is 30.5 Å². The molecular weight excluding hydrogens is 566 g/mol. The third-order valence-corrected chi connectivity index (χ3v) is 8.99. The topological polar surface area (TPSA) is 126 Å². The zero-order valence-electron chi connectivity index (χ0n) is 24.1. The van der Waals surface area contributed by atoms with Crippen LogP contribution in [0.2, 0.25) is 0 Å². The van der Waals surface area contributed by atoms with Crippen LogP contribution in [0.1, 0.15) is 62.5 Å². The molecule has 2 aromatic carbocycles. The van der Waals surface area contributed by atoms with Crippen LogP contribution in [0.25, 0.3) is 0 Å². The first-order chi connectivity index (χ1) is 20.8. The van der Waals surface area contributed by atoms with Crippen molar-refractivity contribution in [1.29, 1.82) is 0 Å². The maximum atomic E-state index is 13.1. The zero-order chi connectivity index (χ0) is 30.3. The summed E-state index contributed by atoms with van der Waals surface area (Å²) in [5, 5.41) is 13.9. The van der Waals surface area contributed by atoms with Gasteiger partial charge in [0, 0.05) is 73.5 Å². The molecule has 0 radical (unpaired) electrons. The van der Waals surface area contributed by atoms with Crippen molar-refractivity contribution >= 4 is 35.0 Å². The summed E-state index contributed by atoms with van der Waals surface area (Å²) in [6, 6.07) is 17.5. The Morgan fingerprint density at radius 2 is 1.56 bits per heavy atom. The standard InChI is InChI=1S/C32H35N5O5S/c1-43-28-9-4-23(5-10-28)30(38)24-12-18-36(19-13-24)32(40)29-11-6-25(20-33-29)31(39)34-26-14-16-35(17-15-26)21-22-2-7-27(8-3-22)37(41)42/h2-11,20,24,26H,12-19,21H2,1H3,(H,34,39). The first-order valence-electron chi connectivity index (χ1n) is 14.5. The normalized spacial score (nSPS) is 16.5. The molecule has 2 fully saturated rings. The molecule has 5 rings (SSSR count). The molecule has 11 heteroatoms. The van der Waals surface area contributed by atoms with Crippen LogP contribution in [0, 0.1) is 16.0 Å². The van der Waals surface area contributed by atoms with Crippen molar-refractivity contribution in [3.8, 4) is 0 Å². The van der Waals surface area contributed by atoms with Gasteiger partial charge < -0.3 is 10.2 Å². The van der Waals surface area contributed by atoms with Crippen molar-refractivity contribution < 1.29 is 19.3 Å². The Hall–Kier alpha value is -4.09. The van der Waals surface area contributed by atoms with Crippen LogP contribution in [-0.2, 0) is 6.54 Å². The molecule has 2 saturated heterocycles. The summed E-state index contributed by atoms with van der Waals surface area (Å²) in [6.45, 7) is 3.30. The van der Waals surface area contributed by atoms with Gasteiger partial charge in [-0.15, -0.1) is 11.8 Å². The van der Waals surface area contributed by atoms with Gasteiger partial charge >= 0.3 is 0 Å². The van der Waals surface area contributed by atoms with Gasteiger partial charge in [-0.3, -0.25) is 34.4 Å². The van der Waals surface area contributed by atoms with Crippen LogP contribution in [0.5, 0.6) is 0 Å². The number of ketones is 1. The molecular formula is C32H35N5O5S. The molecule has 2 aliphatic rings. The molecule has 0 atom stereocenters. The molecule has 0 unspecified atom stereocenters. The predicted molar refractivity (Wildman–Crippen MR) is 164 cm³/mol. The number of hydrogen-bond acceptors (Lipinski definition) is 8. The second-order valence-corrected chi connectivity index (χ2v) is 11.9. The van der Waals surface area contributed by atoms with E-state index in [0.29, 0.717) is 43.6 Å². The molecule has 43 heavy (non-hydrogen) atoms. The van der Waals surface area contributed by atoms with Gasteiger partial charge in [-0.05, 0) is 61.8 Å². The largest absolute Gasteiger partial charge is 0.349 e. The number of carbonyl (C=O) groups excluding carboxylic acids is 3. The lowest BCUT2D eigenvalue weighted by Gasteiger charge is -2.32. The van der Waals surface area contributed by atoms with Crippen molar-refractivity contribution in [2.75, 3.05) is 32.4 Å². The van der Waals surface area contributed by atoms with Crippen LogP contribution in [-0.4, -0.2) is 75.8 Å². The van der Waals surface area contributed by atoms with Crippen LogP contribution < -0.4 is 5.32 Å². The highest BCUT2D eigenvalue weighted by atomic mass is 32.2. The fraction of sp³-hybridized carbons (Fsp3) is 0.375. The van der Waals surface area contributed by atoms with Crippen molar-refractivity contribution in [3.63, 3.8) is 0 Å². The van der Waals surface area contributed by atoms with Crippen LogP contribution in [0.3, 0.4) is 0 Å². The lowest BCUT2D eigenvalue weighted by molar-refractivity contribution is -0.384. The zero-order valence-corrected chi connectivity index (χ0v) is 24.9. The van der Waals surface area contributed by atoms with E-state index in [4.69, 9.17) is 0 Å². The second kappa shape index (κ2) is 13.9. The Bertz CT molecular complexity index is 1450. The smallest absolute Gasteiger partial charge is 0.272 e. The molecule has 0 bridgehead atoms. The van der Waals surface area contributed by atoms with Gasteiger partial charge in [-0.2, -0.15) is 0 Å². The van der Waals surface area contributed by atoms with E-state index in [1.54, 1.807) is 40.9 Å². The Morgan fingerprint density at radius 1 is 0.907 bits per heavy atom. The number of likely N-dealkylation sites (tertiary alicyclic amines) is 2. The monoisotopic (exact) mass is 601 g/mol. The SMILES string of the molecule is CSc1ccc(C(=O)C2CCN(C(=O)c3ccc(C(=O)NC4CCN(Cc5ccc([N+](=O)[O-])cc5)CC4)cn3)CC2)cc1. The number of benzene rings is 2. The molecule has 3 aromatic rings. The first-order valence-corrected chi connectivity index (χ1v) is 15.7. The molecule has 0 spiro atoms. The van der Waals surface area contributed by atoms with Gasteiger partial charge in [-0.25, -0.2) is 0 Å². The number of nitro groups is 1. The number of Topliss-reactive ketones (excluding diaryl/α,β-unsaturated/α-hetero) is 1. The van der Waals surface area contributed by atoms with Crippen molar-refractivity contribution in [2.24, 2.45) is 5.92 Å². The van der Waals surface area contributed by atoms with Crippen molar-refractivity contribution in [2.45, 2.75) is 43.2 Å². The molecule has 0 aliphatic carbocycles. The minimum atomic E-state index is -0.402. The number of pyridine rings is 1. The Morgan fingerprint density at radius 3 is 2.14 bits per heavy atom. The summed E-state index contributed by atoms with van der Waals surface area (Å²) in [5.41, 5.74) is 2.50. The Labute approximate surface area is 255 Å². The van der Waals surface area contributed by atoms with E-state index in [2.05, 4.69) is 15.2 Å². The summed E-state index contributed by atoms with van der Waals surface area (Å²) in [4.78, 5) is 58.7. The molecule has 224 valence electrons. The summed E-state index contributed by atoms with van der Waals surface area (Å²) >= 11 is 1.64. The maximum absolute atomic E-state index is 13.1. The van der Waals surface area contributed by atoms with Crippen molar-refractivity contribution in [1.82, 2.24) is 20.1 Å². The third-order valence-electron chi connectivity index (χ3n) is 8.25. The fourth-order valence-corrected chi connectivity index (χ4v) is 6.05. The van der Waals surface area contributed by atoms with Gasteiger partial charge in [0.1, 0.15) is 5.69 Å². The van der Waals surface area contributed by atoms with Gasteiger partial charge in [-0.1, -0.05) is 24.3 Å². The number of aromatic nitrogens is 1. The van der Waals surface area contributed by atoms with Crippen LogP contribution in [0.15, 0.2) is 71.8 Å². The highest BCUT2D eigenvalue weighted by Gasteiger charge is 2.29. The van der Waals surface area contributed by atoms with E-state index >= 15 is 0 Å². The van der Waals surface area contributed by atoms with Crippen molar-refractivity contribution in [3.05, 3.63) is 99.4 Å². The molecule has 3 heterocycles. The quantitative estimate of drug-likeness (QED) is 0.160. The number of nitrogens with zero attached hydrogens (tertiary/aromatic N) is 4. The highest BCUT2D eigenvalue weighted by Crippen LogP contribution is 2.24. The number of carbonyl (C=O) groups is 3. The number of hydrogen-bond donors (Lipinski definition) is 1. The van der Waals surface area contributed by atoms with E-state index in [1.165, 1.54) is 18.3 Å². The van der Waals surface area contributed by atoms with E-state index in [0.717, 1.165) is 36.4 Å². The average molecular weight is 602 g/mol. The minimum absolute atomic E-state index is 0.0365. The first kappa shape index (κ1) is 30.4. The van der Waals surface area contributed by atoms with E-state index in [9.17, 15) is 24.5 Å². The fourth-order valence-electron chi connectivity index (χ4n) is 5.64. The van der Waals surface area contributed by atoms with Gasteiger partial charge in [0.05, 0.1) is 10.5 Å². The lowest BCUT2D eigenvalue weighted by Crippen LogP contribution is -2.44. The molecule has 0 saturated carbocycles. The number of piperidine rings is 2. The molecule has 1 aromatic heterocycles.